The maximum Gasteiger partial charge on any atom is 0.352 e. The summed E-state index contributed by atoms with van der Waals surface area (Å²) in [6.45, 7) is 3.27. The monoisotopic (exact) mass is 248 g/mol. The molecule has 0 atom stereocenters. The molecule has 4 nitrogen and oxygen atoms in total. The second-order valence-corrected chi connectivity index (χ2v) is 4.59. The molecule has 0 aromatic carbocycles. The van der Waals surface area contributed by atoms with Gasteiger partial charge in [0.2, 0.25) is 0 Å². The Hall–Kier alpha value is -0.390. The highest BCUT2D eigenvalue weighted by Gasteiger charge is 1.99. The SMILES string of the molecule is CN(C)CCCOC(=S)OCCCN(C)C. The molecule has 0 aromatic rings. The Morgan fingerprint density at radius 2 is 1.25 bits per heavy atom. The molecule has 0 rings (SSSR count). The van der Waals surface area contributed by atoms with Gasteiger partial charge in [0.15, 0.2) is 0 Å². The number of thiocarbonyl (C=S) groups is 1. The van der Waals surface area contributed by atoms with E-state index in [1.807, 2.05) is 28.2 Å². The molecule has 0 fully saturated rings. The number of hydrogen-bond acceptors (Lipinski definition) is 5. The topological polar surface area (TPSA) is 24.9 Å². The van der Waals surface area contributed by atoms with E-state index in [0.717, 1.165) is 25.9 Å². The molecule has 0 radical (unpaired) electrons. The Morgan fingerprint density at radius 1 is 0.875 bits per heavy atom. The first-order valence-electron chi connectivity index (χ1n) is 5.61. The third-order valence-corrected chi connectivity index (χ3v) is 2.17. The lowest BCUT2D eigenvalue weighted by Crippen LogP contribution is -2.18. The van der Waals surface area contributed by atoms with Crippen molar-refractivity contribution in [3.63, 3.8) is 0 Å². The Bertz CT molecular complexity index is 169. The van der Waals surface area contributed by atoms with Crippen LogP contribution in [-0.2, 0) is 9.47 Å². The molecule has 0 unspecified atom stereocenters. The van der Waals surface area contributed by atoms with Gasteiger partial charge in [-0.2, -0.15) is 0 Å². The van der Waals surface area contributed by atoms with Gasteiger partial charge in [-0.15, -0.1) is 0 Å². The Kier molecular flexibility index (Phi) is 9.57. The van der Waals surface area contributed by atoms with Crippen LogP contribution in [0.2, 0.25) is 0 Å². The van der Waals surface area contributed by atoms with Crippen LogP contribution in [0.15, 0.2) is 0 Å². The smallest absolute Gasteiger partial charge is 0.352 e. The van der Waals surface area contributed by atoms with Crippen molar-refractivity contribution in [2.24, 2.45) is 0 Å². The maximum absolute atomic E-state index is 5.27. The van der Waals surface area contributed by atoms with Gasteiger partial charge in [-0.3, -0.25) is 0 Å². The van der Waals surface area contributed by atoms with Crippen molar-refractivity contribution in [1.29, 1.82) is 0 Å². The molecule has 0 saturated heterocycles. The van der Waals surface area contributed by atoms with E-state index in [9.17, 15) is 0 Å². The van der Waals surface area contributed by atoms with Crippen LogP contribution in [0.4, 0.5) is 0 Å². The van der Waals surface area contributed by atoms with Crippen molar-refractivity contribution in [2.75, 3.05) is 54.5 Å². The number of rotatable bonds is 8. The second kappa shape index (κ2) is 9.81. The van der Waals surface area contributed by atoms with E-state index in [1.165, 1.54) is 0 Å². The summed E-state index contributed by atoms with van der Waals surface area (Å²) in [6.07, 6.45) is 1.93. The van der Waals surface area contributed by atoms with Gasteiger partial charge in [0, 0.05) is 25.3 Å². The quantitative estimate of drug-likeness (QED) is 0.475. The number of ether oxygens (including phenoxy) is 2. The van der Waals surface area contributed by atoms with Crippen molar-refractivity contribution in [3.05, 3.63) is 0 Å². The lowest BCUT2D eigenvalue weighted by atomic mass is 10.4. The van der Waals surface area contributed by atoms with Gasteiger partial charge in [0.05, 0.1) is 13.2 Å². The van der Waals surface area contributed by atoms with E-state index < -0.39 is 0 Å². The van der Waals surface area contributed by atoms with E-state index in [4.69, 9.17) is 21.7 Å². The van der Waals surface area contributed by atoms with Gasteiger partial charge >= 0.3 is 5.24 Å². The summed E-state index contributed by atoms with van der Waals surface area (Å²) < 4.78 is 10.5. The predicted octanol–water partition coefficient (Wildman–Crippen LogP) is 1.21. The maximum atomic E-state index is 5.27. The van der Waals surface area contributed by atoms with Gasteiger partial charge < -0.3 is 19.3 Å². The zero-order chi connectivity index (χ0) is 12.4. The van der Waals surface area contributed by atoms with E-state index in [0.29, 0.717) is 13.2 Å². The summed E-state index contributed by atoms with van der Waals surface area (Å²) in [5.41, 5.74) is 0. The highest BCUT2D eigenvalue weighted by molar-refractivity contribution is 7.79. The molecule has 0 bridgehead atoms. The van der Waals surface area contributed by atoms with Gasteiger partial charge in [0.1, 0.15) is 0 Å². The highest BCUT2D eigenvalue weighted by Crippen LogP contribution is 1.93. The van der Waals surface area contributed by atoms with E-state index in [1.54, 1.807) is 0 Å². The largest absolute Gasteiger partial charge is 0.457 e. The Balaban J connectivity index is 3.25. The zero-order valence-corrected chi connectivity index (χ0v) is 11.7. The molecule has 0 aromatic heterocycles. The first-order chi connectivity index (χ1) is 7.52. The first kappa shape index (κ1) is 15.6. The zero-order valence-electron chi connectivity index (χ0n) is 10.9. The third-order valence-electron chi connectivity index (χ3n) is 1.94. The summed E-state index contributed by atoms with van der Waals surface area (Å²) in [5, 5.41) is 0.275. The van der Waals surface area contributed by atoms with Crippen LogP contribution in [0.3, 0.4) is 0 Å². The molecule has 0 N–H and O–H groups in total. The predicted molar refractivity (Wildman–Crippen MR) is 70.8 cm³/mol. The van der Waals surface area contributed by atoms with E-state index in [2.05, 4.69) is 9.80 Å². The molecular weight excluding hydrogens is 224 g/mol. The number of hydrogen-bond donors (Lipinski definition) is 0. The fraction of sp³-hybridized carbons (Fsp3) is 0.909. The fourth-order valence-electron chi connectivity index (χ4n) is 1.11. The van der Waals surface area contributed by atoms with Crippen molar-refractivity contribution in [2.45, 2.75) is 12.8 Å². The van der Waals surface area contributed by atoms with Crippen LogP contribution >= 0.6 is 12.2 Å². The molecule has 0 aliphatic heterocycles. The van der Waals surface area contributed by atoms with Crippen molar-refractivity contribution >= 4 is 17.5 Å². The molecule has 0 amide bonds. The van der Waals surface area contributed by atoms with Gasteiger partial charge in [-0.1, -0.05) is 0 Å². The first-order valence-corrected chi connectivity index (χ1v) is 6.02. The fourth-order valence-corrected chi connectivity index (χ4v) is 1.28. The van der Waals surface area contributed by atoms with Gasteiger partial charge in [0.25, 0.3) is 0 Å². The number of nitrogens with zero attached hydrogens (tertiary/aromatic N) is 2. The minimum Gasteiger partial charge on any atom is -0.457 e. The standard InChI is InChI=1S/C11H24N2O2S/c1-12(2)7-5-9-14-11(16)15-10-6-8-13(3)4/h5-10H2,1-4H3. The van der Waals surface area contributed by atoms with Crippen molar-refractivity contribution in [3.8, 4) is 0 Å². The summed E-state index contributed by atoms with van der Waals surface area (Å²) in [5.74, 6) is 0. The molecule has 0 aliphatic rings. The van der Waals surface area contributed by atoms with Crippen LogP contribution in [0.1, 0.15) is 12.8 Å². The average molecular weight is 248 g/mol. The lowest BCUT2D eigenvalue weighted by Gasteiger charge is -2.12. The molecular formula is C11H24N2O2S. The molecule has 16 heavy (non-hydrogen) atoms. The molecule has 0 heterocycles. The summed E-state index contributed by atoms with van der Waals surface area (Å²) in [4.78, 5) is 4.23. The molecule has 0 spiro atoms. The minimum absolute atomic E-state index is 0.275. The average Bonchev–Trinajstić information content (AvgIpc) is 2.19. The van der Waals surface area contributed by atoms with Crippen molar-refractivity contribution in [1.82, 2.24) is 9.80 Å². The van der Waals surface area contributed by atoms with Crippen LogP contribution in [0.5, 0.6) is 0 Å². The van der Waals surface area contributed by atoms with Crippen LogP contribution < -0.4 is 0 Å². The molecule has 5 heteroatoms. The van der Waals surface area contributed by atoms with Gasteiger partial charge in [-0.25, -0.2) is 0 Å². The molecule has 0 aliphatic carbocycles. The van der Waals surface area contributed by atoms with E-state index >= 15 is 0 Å². The summed E-state index contributed by atoms with van der Waals surface area (Å²) in [6, 6.07) is 0. The van der Waals surface area contributed by atoms with Crippen molar-refractivity contribution < 1.29 is 9.47 Å². The van der Waals surface area contributed by atoms with E-state index in [-0.39, 0.29) is 5.24 Å². The molecule has 96 valence electrons. The highest BCUT2D eigenvalue weighted by atomic mass is 32.1. The van der Waals surface area contributed by atoms with Crippen LogP contribution in [0, 0.1) is 0 Å². The lowest BCUT2D eigenvalue weighted by molar-refractivity contribution is 0.164. The Labute approximate surface area is 104 Å². The summed E-state index contributed by atoms with van der Waals surface area (Å²) in [7, 11) is 8.15. The van der Waals surface area contributed by atoms with Gasteiger partial charge in [-0.05, 0) is 41.0 Å². The third kappa shape index (κ3) is 11.7. The van der Waals surface area contributed by atoms with Crippen LogP contribution in [-0.4, -0.2) is 69.5 Å². The summed E-state index contributed by atoms with van der Waals surface area (Å²) >= 11 is 4.94. The minimum atomic E-state index is 0.275. The normalized spacial score (nSPS) is 10.9. The second-order valence-electron chi connectivity index (χ2n) is 4.26. The van der Waals surface area contributed by atoms with Crippen LogP contribution in [0.25, 0.3) is 0 Å². The molecule has 0 saturated carbocycles. The Morgan fingerprint density at radius 3 is 1.56 bits per heavy atom.